The van der Waals surface area contributed by atoms with Gasteiger partial charge in [-0.15, -0.1) is 0 Å². The minimum Gasteiger partial charge on any atom is -0.334 e. The van der Waals surface area contributed by atoms with Gasteiger partial charge in [0.2, 0.25) is 5.91 Å². The summed E-state index contributed by atoms with van der Waals surface area (Å²) in [6, 6.07) is 7.15. The van der Waals surface area contributed by atoms with Crippen molar-refractivity contribution in [1.82, 2.24) is 30.6 Å². The van der Waals surface area contributed by atoms with Crippen LogP contribution in [0.5, 0.6) is 0 Å². The summed E-state index contributed by atoms with van der Waals surface area (Å²) in [6.45, 7) is 2.92. The molecule has 3 heterocycles. The number of carbonyl (C=O) groups is 2. The molecule has 136 valence electrons. The zero-order chi connectivity index (χ0) is 18.1. The number of imide groups is 1. The molecule has 2 aliphatic rings. The SMILES string of the molecule is CN1CCNCC1c1noc(-c2cccc(CN3C(=O)CNC3=O)c2)n1. The number of aromatic nitrogens is 2. The first-order valence-electron chi connectivity index (χ1n) is 8.54. The van der Waals surface area contributed by atoms with E-state index in [1.807, 2.05) is 31.3 Å². The molecule has 0 bridgehead atoms. The molecule has 4 rings (SSSR count). The molecule has 0 saturated carbocycles. The van der Waals surface area contributed by atoms with Crippen LogP contribution in [0.15, 0.2) is 28.8 Å². The molecule has 3 amide bonds. The number of amides is 3. The van der Waals surface area contributed by atoms with Gasteiger partial charge in [0.05, 0.1) is 19.1 Å². The Morgan fingerprint density at radius 2 is 2.23 bits per heavy atom. The van der Waals surface area contributed by atoms with Crippen molar-refractivity contribution in [1.29, 1.82) is 0 Å². The van der Waals surface area contributed by atoms with E-state index in [9.17, 15) is 9.59 Å². The monoisotopic (exact) mass is 356 g/mol. The molecule has 9 heteroatoms. The average molecular weight is 356 g/mol. The Kier molecular flexibility index (Phi) is 4.39. The van der Waals surface area contributed by atoms with Crippen LogP contribution in [0.3, 0.4) is 0 Å². The molecule has 1 unspecified atom stereocenters. The third-order valence-corrected chi connectivity index (χ3v) is 4.70. The number of nitrogens with zero attached hydrogens (tertiary/aromatic N) is 4. The summed E-state index contributed by atoms with van der Waals surface area (Å²) in [6.07, 6.45) is 0. The maximum atomic E-state index is 11.7. The molecule has 26 heavy (non-hydrogen) atoms. The van der Waals surface area contributed by atoms with Gasteiger partial charge >= 0.3 is 6.03 Å². The molecule has 1 aromatic carbocycles. The lowest BCUT2D eigenvalue weighted by Gasteiger charge is -2.30. The molecule has 2 aliphatic heterocycles. The topological polar surface area (TPSA) is 104 Å². The van der Waals surface area contributed by atoms with Gasteiger partial charge in [-0.3, -0.25) is 14.6 Å². The number of benzene rings is 1. The third-order valence-electron chi connectivity index (χ3n) is 4.70. The molecule has 2 saturated heterocycles. The van der Waals surface area contributed by atoms with Gasteiger partial charge in [-0.2, -0.15) is 4.98 Å². The van der Waals surface area contributed by atoms with Crippen molar-refractivity contribution in [3.63, 3.8) is 0 Å². The highest BCUT2D eigenvalue weighted by Gasteiger charge is 2.29. The molecule has 0 aliphatic carbocycles. The highest BCUT2D eigenvalue weighted by Crippen LogP contribution is 2.24. The number of likely N-dealkylation sites (N-methyl/N-ethyl adjacent to an activating group) is 1. The Morgan fingerprint density at radius 1 is 1.35 bits per heavy atom. The second kappa shape index (κ2) is 6.85. The van der Waals surface area contributed by atoms with Crippen LogP contribution in [0.25, 0.3) is 11.5 Å². The van der Waals surface area contributed by atoms with Crippen LogP contribution in [0, 0.1) is 0 Å². The highest BCUT2D eigenvalue weighted by molar-refractivity contribution is 6.01. The quantitative estimate of drug-likeness (QED) is 0.763. The second-order valence-electron chi connectivity index (χ2n) is 6.50. The molecule has 2 aromatic rings. The van der Waals surface area contributed by atoms with E-state index in [2.05, 4.69) is 25.7 Å². The second-order valence-corrected chi connectivity index (χ2v) is 6.50. The number of hydrogen-bond acceptors (Lipinski definition) is 7. The van der Waals surface area contributed by atoms with Crippen LogP contribution < -0.4 is 10.6 Å². The minimum atomic E-state index is -0.367. The van der Waals surface area contributed by atoms with Gasteiger partial charge in [-0.25, -0.2) is 4.79 Å². The van der Waals surface area contributed by atoms with Crippen molar-refractivity contribution in [3.8, 4) is 11.5 Å². The molecular weight excluding hydrogens is 336 g/mol. The van der Waals surface area contributed by atoms with E-state index < -0.39 is 0 Å². The zero-order valence-corrected chi connectivity index (χ0v) is 14.4. The summed E-state index contributed by atoms with van der Waals surface area (Å²) in [4.78, 5) is 31.4. The third kappa shape index (κ3) is 3.18. The summed E-state index contributed by atoms with van der Waals surface area (Å²) in [5.41, 5.74) is 1.59. The van der Waals surface area contributed by atoms with E-state index in [-0.39, 0.29) is 31.1 Å². The standard InChI is InChI=1S/C17H20N6O3/c1-22-6-5-18-8-13(22)15-20-16(26-21-15)12-4-2-3-11(7-12)10-23-14(24)9-19-17(23)25/h2-4,7,13,18H,5-6,8-10H2,1H3,(H,19,25). The first-order chi connectivity index (χ1) is 12.6. The van der Waals surface area contributed by atoms with E-state index in [0.29, 0.717) is 11.7 Å². The van der Waals surface area contributed by atoms with Crippen molar-refractivity contribution < 1.29 is 14.1 Å². The summed E-state index contributed by atoms with van der Waals surface area (Å²) >= 11 is 0. The van der Waals surface area contributed by atoms with E-state index in [4.69, 9.17) is 4.52 Å². The predicted molar refractivity (Wildman–Crippen MR) is 91.9 cm³/mol. The molecule has 2 N–H and O–H groups in total. The van der Waals surface area contributed by atoms with Crippen LogP contribution in [-0.4, -0.2) is 65.1 Å². The number of hydrogen-bond donors (Lipinski definition) is 2. The molecule has 9 nitrogen and oxygen atoms in total. The van der Waals surface area contributed by atoms with Crippen molar-refractivity contribution >= 4 is 11.9 Å². The van der Waals surface area contributed by atoms with Gasteiger partial charge in [0.25, 0.3) is 5.89 Å². The number of rotatable bonds is 4. The highest BCUT2D eigenvalue weighted by atomic mass is 16.5. The summed E-state index contributed by atoms with van der Waals surface area (Å²) in [5.74, 6) is 0.848. The van der Waals surface area contributed by atoms with E-state index in [1.165, 1.54) is 4.90 Å². The Labute approximate surface area is 150 Å². The van der Waals surface area contributed by atoms with E-state index in [1.54, 1.807) is 0 Å². The van der Waals surface area contributed by atoms with Crippen molar-refractivity contribution in [3.05, 3.63) is 35.7 Å². The Balaban J connectivity index is 1.53. The lowest BCUT2D eigenvalue weighted by atomic mass is 10.1. The molecule has 0 spiro atoms. The Hall–Kier alpha value is -2.78. The molecule has 0 radical (unpaired) electrons. The van der Waals surface area contributed by atoms with Gasteiger partial charge in [-0.05, 0) is 24.7 Å². The van der Waals surface area contributed by atoms with Gasteiger partial charge < -0.3 is 15.2 Å². The van der Waals surface area contributed by atoms with Gasteiger partial charge in [0.1, 0.15) is 0 Å². The predicted octanol–water partition coefficient (Wildman–Crippen LogP) is 0.364. The number of nitrogens with one attached hydrogen (secondary N) is 2. The molecule has 1 aromatic heterocycles. The minimum absolute atomic E-state index is 0.0501. The normalized spacial score (nSPS) is 21.3. The van der Waals surface area contributed by atoms with Crippen LogP contribution in [0.1, 0.15) is 17.4 Å². The number of urea groups is 1. The van der Waals surface area contributed by atoms with Gasteiger partial charge in [0, 0.05) is 25.2 Å². The van der Waals surface area contributed by atoms with Crippen LogP contribution in [0.4, 0.5) is 4.79 Å². The van der Waals surface area contributed by atoms with Crippen molar-refractivity contribution in [2.75, 3.05) is 33.2 Å². The fraction of sp³-hybridized carbons (Fsp3) is 0.412. The first-order valence-corrected chi connectivity index (χ1v) is 8.54. The van der Waals surface area contributed by atoms with Crippen LogP contribution in [-0.2, 0) is 11.3 Å². The van der Waals surface area contributed by atoms with Gasteiger partial charge in [0.15, 0.2) is 5.82 Å². The lowest BCUT2D eigenvalue weighted by molar-refractivity contribution is -0.125. The van der Waals surface area contributed by atoms with Gasteiger partial charge in [-0.1, -0.05) is 17.3 Å². The molecular formula is C17H20N6O3. The largest absolute Gasteiger partial charge is 0.334 e. The maximum absolute atomic E-state index is 11.7. The summed E-state index contributed by atoms with van der Waals surface area (Å²) in [7, 11) is 2.04. The van der Waals surface area contributed by atoms with E-state index in [0.717, 1.165) is 30.8 Å². The fourth-order valence-electron chi connectivity index (χ4n) is 3.18. The Bertz CT molecular complexity index is 819. The lowest BCUT2D eigenvalue weighted by Crippen LogP contribution is -2.44. The molecule has 1 atom stereocenters. The van der Waals surface area contributed by atoms with Crippen LogP contribution in [0.2, 0.25) is 0 Å². The first kappa shape index (κ1) is 16.7. The van der Waals surface area contributed by atoms with Crippen molar-refractivity contribution in [2.24, 2.45) is 0 Å². The summed E-state index contributed by atoms with van der Waals surface area (Å²) < 4.78 is 5.44. The van der Waals surface area contributed by atoms with Crippen LogP contribution >= 0.6 is 0 Å². The Morgan fingerprint density at radius 3 is 3.00 bits per heavy atom. The molecule has 2 fully saturated rings. The zero-order valence-electron chi connectivity index (χ0n) is 14.4. The van der Waals surface area contributed by atoms with E-state index >= 15 is 0 Å². The maximum Gasteiger partial charge on any atom is 0.324 e. The average Bonchev–Trinajstić information content (AvgIpc) is 3.25. The summed E-state index contributed by atoms with van der Waals surface area (Å²) in [5, 5.41) is 9.97. The number of piperazine rings is 1. The number of carbonyl (C=O) groups excluding carboxylic acids is 2. The smallest absolute Gasteiger partial charge is 0.324 e. The fourth-order valence-corrected chi connectivity index (χ4v) is 3.18. The van der Waals surface area contributed by atoms with Crippen molar-refractivity contribution in [2.45, 2.75) is 12.6 Å².